The van der Waals surface area contributed by atoms with Crippen molar-refractivity contribution in [3.8, 4) is 5.75 Å². The Morgan fingerprint density at radius 1 is 1.24 bits per heavy atom. The zero-order valence-corrected chi connectivity index (χ0v) is 13.8. The molecule has 0 radical (unpaired) electrons. The van der Waals surface area contributed by atoms with E-state index in [1.54, 1.807) is 7.11 Å². The molecule has 118 valence electrons. The first-order chi connectivity index (χ1) is 9.91. The molecule has 1 fully saturated rings. The average molecular weight is 291 g/mol. The van der Waals surface area contributed by atoms with Gasteiger partial charge in [-0.3, -0.25) is 0 Å². The topological polar surface area (TPSA) is 41.5 Å². The van der Waals surface area contributed by atoms with Crippen molar-refractivity contribution in [2.75, 3.05) is 19.0 Å². The first-order valence-electron chi connectivity index (χ1n) is 7.94. The molecule has 1 aliphatic rings. The first kappa shape index (κ1) is 16.2. The van der Waals surface area contributed by atoms with Crippen LogP contribution in [0.5, 0.6) is 5.75 Å². The van der Waals surface area contributed by atoms with Crippen LogP contribution in [0, 0.1) is 11.3 Å². The molecule has 0 heterocycles. The molecular weight excluding hydrogens is 262 g/mol. The smallest absolute Gasteiger partial charge is 0.119 e. The Balaban J connectivity index is 2.25. The van der Waals surface area contributed by atoms with E-state index in [1.165, 1.54) is 19.3 Å². The van der Waals surface area contributed by atoms with Crippen LogP contribution in [-0.4, -0.2) is 24.4 Å². The predicted octanol–water partition coefficient (Wildman–Crippen LogP) is 4.07. The highest BCUT2D eigenvalue weighted by Crippen LogP contribution is 2.45. The lowest BCUT2D eigenvalue weighted by atomic mass is 9.62. The number of hydrogen-bond donors (Lipinski definition) is 2. The fourth-order valence-corrected chi connectivity index (χ4v) is 3.84. The molecule has 0 aliphatic heterocycles. The van der Waals surface area contributed by atoms with E-state index in [0.29, 0.717) is 5.92 Å². The zero-order chi connectivity index (χ0) is 15.5. The molecule has 0 saturated heterocycles. The molecule has 1 aromatic carbocycles. The maximum Gasteiger partial charge on any atom is 0.119 e. The lowest BCUT2D eigenvalue weighted by Crippen LogP contribution is -2.55. The molecule has 3 heteroatoms. The summed E-state index contributed by atoms with van der Waals surface area (Å²) in [4.78, 5) is 0. The molecule has 1 aliphatic carbocycles. The van der Waals surface area contributed by atoms with Crippen molar-refractivity contribution < 1.29 is 9.84 Å². The van der Waals surface area contributed by atoms with Crippen LogP contribution in [0.4, 0.5) is 5.69 Å². The second-order valence-corrected chi connectivity index (χ2v) is 7.33. The zero-order valence-electron chi connectivity index (χ0n) is 13.8. The summed E-state index contributed by atoms with van der Waals surface area (Å²) in [7, 11) is 1.68. The Bertz CT molecular complexity index is 449. The fraction of sp³-hybridized carbons (Fsp3) is 0.667. The molecular formula is C18H29NO2. The van der Waals surface area contributed by atoms with Gasteiger partial charge in [0.2, 0.25) is 0 Å². The highest BCUT2D eigenvalue weighted by molar-refractivity contribution is 5.49. The van der Waals surface area contributed by atoms with E-state index in [-0.39, 0.29) is 17.6 Å². The van der Waals surface area contributed by atoms with Crippen LogP contribution >= 0.6 is 0 Å². The average Bonchev–Trinajstić information content (AvgIpc) is 2.47. The van der Waals surface area contributed by atoms with E-state index in [9.17, 15) is 5.11 Å². The summed E-state index contributed by atoms with van der Waals surface area (Å²) in [5.74, 6) is 1.32. The Kier molecular flexibility index (Phi) is 4.82. The molecule has 2 atom stereocenters. The summed E-state index contributed by atoms with van der Waals surface area (Å²) >= 11 is 0. The van der Waals surface area contributed by atoms with Crippen LogP contribution in [0.25, 0.3) is 0 Å². The van der Waals surface area contributed by atoms with Crippen LogP contribution in [0.1, 0.15) is 46.5 Å². The number of anilines is 1. The van der Waals surface area contributed by atoms with Gasteiger partial charge in [-0.15, -0.1) is 0 Å². The third-order valence-corrected chi connectivity index (χ3v) is 4.84. The minimum absolute atomic E-state index is 0.182. The number of benzene rings is 1. The van der Waals surface area contributed by atoms with Gasteiger partial charge < -0.3 is 15.2 Å². The van der Waals surface area contributed by atoms with Crippen LogP contribution in [0.3, 0.4) is 0 Å². The van der Waals surface area contributed by atoms with Gasteiger partial charge in [0.25, 0.3) is 0 Å². The van der Waals surface area contributed by atoms with Gasteiger partial charge in [-0.05, 0) is 48.4 Å². The lowest BCUT2D eigenvalue weighted by molar-refractivity contribution is 0.0484. The third kappa shape index (κ3) is 3.52. The van der Waals surface area contributed by atoms with Gasteiger partial charge in [-0.1, -0.05) is 33.6 Å². The van der Waals surface area contributed by atoms with E-state index >= 15 is 0 Å². The predicted molar refractivity (Wildman–Crippen MR) is 87.8 cm³/mol. The number of ether oxygens (including phenoxy) is 1. The van der Waals surface area contributed by atoms with Gasteiger partial charge in [0.15, 0.2) is 0 Å². The van der Waals surface area contributed by atoms with E-state index < -0.39 is 0 Å². The van der Waals surface area contributed by atoms with Crippen molar-refractivity contribution in [3.05, 3.63) is 24.3 Å². The Morgan fingerprint density at radius 2 is 1.90 bits per heavy atom. The summed E-state index contributed by atoms with van der Waals surface area (Å²) in [5.41, 5.74) is 1.02. The molecule has 21 heavy (non-hydrogen) atoms. The Hall–Kier alpha value is -1.22. The monoisotopic (exact) mass is 291 g/mol. The van der Waals surface area contributed by atoms with E-state index in [1.807, 2.05) is 24.3 Å². The number of aliphatic hydroxyl groups excluding tert-OH is 1. The van der Waals surface area contributed by atoms with Gasteiger partial charge in [0, 0.05) is 5.69 Å². The van der Waals surface area contributed by atoms with Crippen LogP contribution in [0.2, 0.25) is 0 Å². The van der Waals surface area contributed by atoms with Gasteiger partial charge >= 0.3 is 0 Å². The van der Waals surface area contributed by atoms with E-state index in [4.69, 9.17) is 4.74 Å². The molecule has 1 saturated carbocycles. The molecule has 0 aromatic heterocycles. The molecule has 3 nitrogen and oxygen atoms in total. The quantitative estimate of drug-likeness (QED) is 0.878. The van der Waals surface area contributed by atoms with Gasteiger partial charge in [-0.25, -0.2) is 0 Å². The SMILES string of the molecule is COc1ccc(NC2(CO)CCCCC2C(C)(C)C)cc1. The lowest BCUT2D eigenvalue weighted by Gasteiger charge is -2.50. The van der Waals surface area contributed by atoms with Crippen molar-refractivity contribution in [3.63, 3.8) is 0 Å². The Labute approximate surface area is 128 Å². The van der Waals surface area contributed by atoms with Crippen molar-refractivity contribution in [2.24, 2.45) is 11.3 Å². The maximum atomic E-state index is 10.2. The van der Waals surface area contributed by atoms with E-state index in [0.717, 1.165) is 17.9 Å². The minimum atomic E-state index is -0.217. The molecule has 0 bridgehead atoms. The standard InChI is InChI=1S/C18H29NO2/c1-17(2,3)16-7-5-6-12-18(16,13-20)19-14-8-10-15(21-4)11-9-14/h8-11,16,19-20H,5-7,12-13H2,1-4H3. The Morgan fingerprint density at radius 3 is 2.43 bits per heavy atom. The molecule has 2 N–H and O–H groups in total. The maximum absolute atomic E-state index is 10.2. The fourth-order valence-electron chi connectivity index (χ4n) is 3.84. The summed E-state index contributed by atoms with van der Waals surface area (Å²) in [6, 6.07) is 7.99. The van der Waals surface area contributed by atoms with Gasteiger partial charge in [-0.2, -0.15) is 0 Å². The van der Waals surface area contributed by atoms with Crippen LogP contribution < -0.4 is 10.1 Å². The van der Waals surface area contributed by atoms with Crippen molar-refractivity contribution in [2.45, 2.75) is 52.0 Å². The first-order valence-corrected chi connectivity index (χ1v) is 7.94. The number of hydrogen-bond acceptors (Lipinski definition) is 3. The summed E-state index contributed by atoms with van der Waals surface area (Å²) in [5, 5.41) is 13.8. The molecule has 1 aromatic rings. The van der Waals surface area contributed by atoms with Crippen molar-refractivity contribution in [1.29, 1.82) is 0 Å². The molecule has 0 spiro atoms. The van der Waals surface area contributed by atoms with Crippen molar-refractivity contribution >= 4 is 5.69 Å². The third-order valence-electron chi connectivity index (χ3n) is 4.84. The minimum Gasteiger partial charge on any atom is -0.497 e. The van der Waals surface area contributed by atoms with Crippen LogP contribution in [-0.2, 0) is 0 Å². The molecule has 2 unspecified atom stereocenters. The summed E-state index contributed by atoms with van der Waals surface area (Å²) < 4.78 is 5.21. The largest absolute Gasteiger partial charge is 0.497 e. The summed E-state index contributed by atoms with van der Waals surface area (Å²) in [6.07, 6.45) is 4.63. The number of methoxy groups -OCH3 is 1. The summed E-state index contributed by atoms with van der Waals surface area (Å²) in [6.45, 7) is 7.02. The number of aliphatic hydroxyl groups is 1. The van der Waals surface area contributed by atoms with Gasteiger partial charge in [0.05, 0.1) is 19.3 Å². The van der Waals surface area contributed by atoms with Gasteiger partial charge in [0.1, 0.15) is 5.75 Å². The highest BCUT2D eigenvalue weighted by atomic mass is 16.5. The molecule has 2 rings (SSSR count). The number of nitrogens with one attached hydrogen (secondary N) is 1. The van der Waals surface area contributed by atoms with E-state index in [2.05, 4.69) is 26.1 Å². The van der Waals surface area contributed by atoms with Crippen LogP contribution in [0.15, 0.2) is 24.3 Å². The van der Waals surface area contributed by atoms with Crippen molar-refractivity contribution in [1.82, 2.24) is 0 Å². The molecule has 0 amide bonds. The highest BCUT2D eigenvalue weighted by Gasteiger charge is 2.45. The second kappa shape index (κ2) is 6.27. The number of rotatable bonds is 4. The second-order valence-electron chi connectivity index (χ2n) is 7.33. The normalized spacial score (nSPS) is 26.4.